The first-order valence-electron chi connectivity index (χ1n) is 3.17. The average molecular weight is 145 g/mol. The molecule has 0 fully saturated rings. The van der Waals surface area contributed by atoms with Crippen LogP contribution in [0.25, 0.3) is 0 Å². The summed E-state index contributed by atoms with van der Waals surface area (Å²) < 4.78 is 0. The number of aliphatic hydroxyl groups is 1. The van der Waals surface area contributed by atoms with Gasteiger partial charge in [-0.2, -0.15) is 0 Å². The smallest absolute Gasteiger partial charge is 0.286 e. The molecule has 0 bridgehead atoms. The number of carbonyl (C=O) groups excluding carboxylic acids is 1. The topological polar surface area (TPSA) is 66.7 Å². The van der Waals surface area contributed by atoms with Gasteiger partial charge in [-0.3, -0.25) is 4.79 Å². The first-order valence-corrected chi connectivity index (χ1v) is 3.17. The molecule has 0 aliphatic rings. The van der Waals surface area contributed by atoms with E-state index in [0.717, 1.165) is 0 Å². The molecule has 0 aromatic carbocycles. The van der Waals surface area contributed by atoms with Crippen LogP contribution in [0.5, 0.6) is 0 Å². The van der Waals surface area contributed by atoms with Crippen molar-refractivity contribution in [3.63, 3.8) is 0 Å². The lowest BCUT2D eigenvalue weighted by atomic mass is 10.0. The number of hydrogen-bond donors (Lipinski definition) is 1. The van der Waals surface area contributed by atoms with Crippen LogP contribution >= 0.6 is 0 Å². The Hall–Kier alpha value is -0.770. The third kappa shape index (κ3) is 4.14. The van der Waals surface area contributed by atoms with E-state index in [2.05, 4.69) is 5.18 Å². The molecule has 0 saturated carbocycles. The molecule has 0 heterocycles. The average Bonchev–Trinajstić information content (AvgIpc) is 1.88. The predicted molar refractivity (Wildman–Crippen MR) is 36.3 cm³/mol. The van der Waals surface area contributed by atoms with Crippen molar-refractivity contribution in [3.8, 4) is 0 Å². The molecular weight excluding hydrogens is 134 g/mol. The summed E-state index contributed by atoms with van der Waals surface area (Å²) in [4.78, 5) is 19.9. The monoisotopic (exact) mass is 145 g/mol. The van der Waals surface area contributed by atoms with Gasteiger partial charge in [-0.05, 0) is 12.3 Å². The number of nitroso groups, excluding NO2 is 1. The predicted octanol–water partition coefficient (Wildman–Crippen LogP) is 0.688. The van der Waals surface area contributed by atoms with Gasteiger partial charge in [0.05, 0.1) is 0 Å². The van der Waals surface area contributed by atoms with Crippen molar-refractivity contribution < 1.29 is 9.90 Å². The molecule has 4 heteroatoms. The Morgan fingerprint density at radius 3 is 2.70 bits per heavy atom. The fourth-order valence-corrected chi connectivity index (χ4v) is 0.658. The summed E-state index contributed by atoms with van der Waals surface area (Å²) in [5.41, 5.74) is 0. The van der Waals surface area contributed by atoms with Crippen LogP contribution in [0.4, 0.5) is 0 Å². The first kappa shape index (κ1) is 9.23. The number of amides is 1. The molecule has 0 aliphatic heterocycles. The standard InChI is InChI=1S/C6H11NO3/c1-5(2-3-8)4-6(9)7-10/h5,8H,2-4H2,1H3/t5-/m0/s1. The van der Waals surface area contributed by atoms with E-state index in [1.165, 1.54) is 0 Å². The summed E-state index contributed by atoms with van der Waals surface area (Å²) in [6.07, 6.45) is 0.686. The van der Waals surface area contributed by atoms with E-state index in [1.54, 1.807) is 6.92 Å². The third-order valence-electron chi connectivity index (χ3n) is 1.25. The summed E-state index contributed by atoms with van der Waals surface area (Å²) >= 11 is 0. The highest BCUT2D eigenvalue weighted by Crippen LogP contribution is 2.06. The number of nitrogens with zero attached hydrogens (tertiary/aromatic N) is 1. The summed E-state index contributed by atoms with van der Waals surface area (Å²) in [7, 11) is 0. The minimum Gasteiger partial charge on any atom is -0.396 e. The highest BCUT2D eigenvalue weighted by molar-refractivity contribution is 5.76. The Bertz CT molecular complexity index is 124. The van der Waals surface area contributed by atoms with Crippen LogP contribution in [0.1, 0.15) is 19.8 Å². The molecule has 0 aliphatic carbocycles. The van der Waals surface area contributed by atoms with E-state index in [4.69, 9.17) is 5.11 Å². The summed E-state index contributed by atoms with van der Waals surface area (Å²) in [5, 5.41) is 10.6. The lowest BCUT2D eigenvalue weighted by Gasteiger charge is -2.03. The van der Waals surface area contributed by atoms with E-state index in [0.29, 0.717) is 6.42 Å². The van der Waals surface area contributed by atoms with E-state index >= 15 is 0 Å². The van der Waals surface area contributed by atoms with Gasteiger partial charge in [-0.25, -0.2) is 0 Å². The quantitative estimate of drug-likeness (QED) is 0.592. The maximum atomic E-state index is 10.3. The van der Waals surface area contributed by atoms with Gasteiger partial charge in [-0.1, -0.05) is 6.92 Å². The van der Waals surface area contributed by atoms with Crippen molar-refractivity contribution in [2.45, 2.75) is 19.8 Å². The van der Waals surface area contributed by atoms with Crippen molar-refractivity contribution in [1.82, 2.24) is 0 Å². The Morgan fingerprint density at radius 2 is 2.30 bits per heavy atom. The number of hydrogen-bond acceptors (Lipinski definition) is 3. The molecule has 0 rings (SSSR count). The molecule has 58 valence electrons. The molecule has 0 radical (unpaired) electrons. The Morgan fingerprint density at radius 1 is 1.70 bits per heavy atom. The van der Waals surface area contributed by atoms with Gasteiger partial charge in [0.1, 0.15) is 0 Å². The van der Waals surface area contributed by atoms with E-state index in [1.807, 2.05) is 0 Å². The second-order valence-electron chi connectivity index (χ2n) is 2.31. The zero-order valence-corrected chi connectivity index (χ0v) is 5.91. The van der Waals surface area contributed by atoms with Crippen molar-refractivity contribution >= 4 is 5.91 Å². The molecule has 0 spiro atoms. The molecule has 0 aromatic rings. The first-order chi connectivity index (χ1) is 4.70. The van der Waals surface area contributed by atoms with Crippen molar-refractivity contribution in [3.05, 3.63) is 4.91 Å². The van der Waals surface area contributed by atoms with Crippen LogP contribution in [0, 0.1) is 10.8 Å². The molecule has 0 saturated heterocycles. The van der Waals surface area contributed by atoms with Crippen LogP contribution in [-0.4, -0.2) is 17.6 Å². The van der Waals surface area contributed by atoms with Gasteiger partial charge in [0.25, 0.3) is 5.91 Å². The molecule has 1 atom stereocenters. The van der Waals surface area contributed by atoms with Gasteiger partial charge in [0, 0.05) is 18.2 Å². The van der Waals surface area contributed by atoms with Crippen LogP contribution in [0.15, 0.2) is 5.18 Å². The molecule has 0 aromatic heterocycles. The largest absolute Gasteiger partial charge is 0.396 e. The summed E-state index contributed by atoms with van der Waals surface area (Å²) in [6.45, 7) is 1.84. The fourth-order valence-electron chi connectivity index (χ4n) is 0.658. The Labute approximate surface area is 59.2 Å². The SMILES string of the molecule is C[C@@H](CCO)CC(=O)N=O. The molecule has 4 nitrogen and oxygen atoms in total. The Balaban J connectivity index is 3.46. The van der Waals surface area contributed by atoms with Crippen molar-refractivity contribution in [2.24, 2.45) is 11.1 Å². The molecule has 10 heavy (non-hydrogen) atoms. The van der Waals surface area contributed by atoms with E-state index < -0.39 is 5.91 Å². The zero-order valence-electron chi connectivity index (χ0n) is 5.91. The number of rotatable bonds is 4. The van der Waals surface area contributed by atoms with Crippen LogP contribution in [0.3, 0.4) is 0 Å². The van der Waals surface area contributed by atoms with Gasteiger partial charge in [0.15, 0.2) is 0 Å². The molecule has 1 N–H and O–H groups in total. The van der Waals surface area contributed by atoms with Crippen LogP contribution in [-0.2, 0) is 4.79 Å². The number of aliphatic hydroxyl groups excluding tert-OH is 1. The lowest BCUT2D eigenvalue weighted by Crippen LogP contribution is -2.04. The maximum Gasteiger partial charge on any atom is 0.286 e. The zero-order chi connectivity index (χ0) is 7.98. The van der Waals surface area contributed by atoms with Crippen molar-refractivity contribution in [1.29, 1.82) is 0 Å². The van der Waals surface area contributed by atoms with E-state index in [9.17, 15) is 9.70 Å². The second-order valence-corrected chi connectivity index (χ2v) is 2.31. The van der Waals surface area contributed by atoms with Gasteiger partial charge < -0.3 is 5.11 Å². The van der Waals surface area contributed by atoms with E-state index in [-0.39, 0.29) is 18.9 Å². The highest BCUT2D eigenvalue weighted by atomic mass is 16.3. The summed E-state index contributed by atoms with van der Waals surface area (Å²) in [5.74, 6) is -0.587. The van der Waals surface area contributed by atoms with Gasteiger partial charge in [-0.15, -0.1) is 4.91 Å². The van der Waals surface area contributed by atoms with Crippen molar-refractivity contribution in [2.75, 3.05) is 6.61 Å². The second kappa shape index (κ2) is 5.05. The summed E-state index contributed by atoms with van der Waals surface area (Å²) in [6, 6.07) is 0. The minimum atomic E-state index is -0.638. The van der Waals surface area contributed by atoms with Gasteiger partial charge in [0.2, 0.25) is 0 Å². The third-order valence-corrected chi connectivity index (χ3v) is 1.25. The van der Waals surface area contributed by atoms with Gasteiger partial charge >= 0.3 is 0 Å². The highest BCUT2D eigenvalue weighted by Gasteiger charge is 2.07. The van der Waals surface area contributed by atoms with Crippen LogP contribution < -0.4 is 0 Å². The molecule has 0 unspecified atom stereocenters. The molecular formula is C6H11NO3. The molecule has 1 amide bonds. The maximum absolute atomic E-state index is 10.3. The fraction of sp³-hybridized carbons (Fsp3) is 0.833. The van der Waals surface area contributed by atoms with Crippen LogP contribution in [0.2, 0.25) is 0 Å². The normalized spacial score (nSPS) is 12.6. The minimum absolute atomic E-state index is 0.0489. The number of carbonyl (C=O) groups is 1. The lowest BCUT2D eigenvalue weighted by molar-refractivity contribution is -0.118. The Kier molecular flexibility index (Phi) is 4.66.